The SMILES string of the molecule is CCC1CC(N)CN(C(C)CC)C1. The largest absolute Gasteiger partial charge is 0.327 e. The minimum Gasteiger partial charge on any atom is -0.327 e. The molecule has 0 saturated carbocycles. The maximum absolute atomic E-state index is 6.04. The first-order chi connectivity index (χ1) is 6.17. The lowest BCUT2D eigenvalue weighted by atomic mass is 9.91. The fourth-order valence-corrected chi connectivity index (χ4v) is 2.20. The fourth-order valence-electron chi connectivity index (χ4n) is 2.20. The van der Waals surface area contributed by atoms with Gasteiger partial charge in [0, 0.05) is 25.2 Å². The van der Waals surface area contributed by atoms with E-state index in [1.165, 1.54) is 25.8 Å². The highest BCUT2D eigenvalue weighted by atomic mass is 15.2. The Kier molecular flexibility index (Phi) is 4.20. The molecule has 2 heteroatoms. The molecule has 0 radical (unpaired) electrons. The Hall–Kier alpha value is -0.0800. The first-order valence-corrected chi connectivity index (χ1v) is 5.67. The molecular weight excluding hydrogens is 160 g/mol. The van der Waals surface area contributed by atoms with Crippen molar-refractivity contribution in [3.05, 3.63) is 0 Å². The Morgan fingerprint density at radius 2 is 2.08 bits per heavy atom. The molecule has 3 unspecified atom stereocenters. The number of piperidine rings is 1. The van der Waals surface area contributed by atoms with Gasteiger partial charge in [-0.2, -0.15) is 0 Å². The second-order valence-electron chi connectivity index (χ2n) is 4.48. The summed E-state index contributed by atoms with van der Waals surface area (Å²) in [6.07, 6.45) is 3.74. The third-order valence-electron chi connectivity index (χ3n) is 3.39. The standard InChI is InChI=1S/C11H24N2/c1-4-9(3)13-7-10(5-2)6-11(12)8-13/h9-11H,4-8,12H2,1-3H3. The van der Waals surface area contributed by atoms with Crippen LogP contribution in [0.5, 0.6) is 0 Å². The Labute approximate surface area is 82.5 Å². The van der Waals surface area contributed by atoms with Crippen LogP contribution in [-0.2, 0) is 0 Å². The summed E-state index contributed by atoms with van der Waals surface area (Å²) in [5, 5.41) is 0. The highest BCUT2D eigenvalue weighted by Crippen LogP contribution is 2.21. The first-order valence-electron chi connectivity index (χ1n) is 5.67. The number of rotatable bonds is 3. The number of nitrogens with zero attached hydrogens (tertiary/aromatic N) is 1. The van der Waals surface area contributed by atoms with E-state index >= 15 is 0 Å². The van der Waals surface area contributed by atoms with Gasteiger partial charge in [-0.05, 0) is 25.7 Å². The van der Waals surface area contributed by atoms with Crippen LogP contribution in [0.25, 0.3) is 0 Å². The van der Waals surface area contributed by atoms with Crippen molar-refractivity contribution in [2.75, 3.05) is 13.1 Å². The Bertz CT molecular complexity index is 147. The topological polar surface area (TPSA) is 29.3 Å². The Morgan fingerprint density at radius 3 is 2.62 bits per heavy atom. The highest BCUT2D eigenvalue weighted by Gasteiger charge is 2.25. The molecule has 1 aliphatic rings. The molecule has 2 N–H and O–H groups in total. The second-order valence-corrected chi connectivity index (χ2v) is 4.48. The van der Waals surface area contributed by atoms with Gasteiger partial charge in [-0.25, -0.2) is 0 Å². The minimum absolute atomic E-state index is 0.410. The maximum atomic E-state index is 6.04. The van der Waals surface area contributed by atoms with E-state index < -0.39 is 0 Å². The highest BCUT2D eigenvalue weighted by molar-refractivity contribution is 4.82. The van der Waals surface area contributed by atoms with Gasteiger partial charge in [-0.3, -0.25) is 4.90 Å². The molecule has 0 bridgehead atoms. The zero-order chi connectivity index (χ0) is 9.84. The molecule has 0 aromatic heterocycles. The van der Waals surface area contributed by atoms with E-state index in [0.29, 0.717) is 12.1 Å². The monoisotopic (exact) mass is 184 g/mol. The number of likely N-dealkylation sites (tertiary alicyclic amines) is 1. The van der Waals surface area contributed by atoms with Crippen molar-refractivity contribution in [2.45, 2.75) is 52.1 Å². The summed E-state index contributed by atoms with van der Waals surface area (Å²) in [6.45, 7) is 9.21. The lowest BCUT2D eigenvalue weighted by Gasteiger charge is -2.39. The van der Waals surface area contributed by atoms with E-state index in [2.05, 4.69) is 25.7 Å². The molecular formula is C11H24N2. The van der Waals surface area contributed by atoms with Gasteiger partial charge in [-0.15, -0.1) is 0 Å². The average molecular weight is 184 g/mol. The fraction of sp³-hybridized carbons (Fsp3) is 1.00. The molecule has 1 aliphatic heterocycles. The molecule has 0 spiro atoms. The van der Waals surface area contributed by atoms with Gasteiger partial charge in [0.25, 0.3) is 0 Å². The van der Waals surface area contributed by atoms with E-state index in [1.807, 2.05) is 0 Å². The van der Waals surface area contributed by atoms with Gasteiger partial charge in [0.15, 0.2) is 0 Å². The molecule has 3 atom stereocenters. The van der Waals surface area contributed by atoms with Gasteiger partial charge in [0.2, 0.25) is 0 Å². The van der Waals surface area contributed by atoms with Gasteiger partial charge in [-0.1, -0.05) is 20.3 Å². The average Bonchev–Trinajstić information content (AvgIpc) is 2.15. The minimum atomic E-state index is 0.410. The Balaban J connectivity index is 2.46. The molecule has 1 heterocycles. The van der Waals surface area contributed by atoms with Crippen LogP contribution in [0.3, 0.4) is 0 Å². The molecule has 0 aliphatic carbocycles. The zero-order valence-electron chi connectivity index (χ0n) is 9.29. The third kappa shape index (κ3) is 2.96. The molecule has 1 saturated heterocycles. The maximum Gasteiger partial charge on any atom is 0.0171 e. The van der Waals surface area contributed by atoms with Crippen molar-refractivity contribution in [3.8, 4) is 0 Å². The van der Waals surface area contributed by atoms with Crippen molar-refractivity contribution in [3.63, 3.8) is 0 Å². The van der Waals surface area contributed by atoms with E-state index in [0.717, 1.165) is 12.5 Å². The summed E-state index contributed by atoms with van der Waals surface area (Å²) in [4.78, 5) is 2.56. The van der Waals surface area contributed by atoms with Crippen molar-refractivity contribution in [1.82, 2.24) is 4.90 Å². The first kappa shape index (κ1) is 11.0. The number of hydrogen-bond donors (Lipinski definition) is 1. The molecule has 0 aromatic rings. The van der Waals surface area contributed by atoms with Crippen molar-refractivity contribution in [2.24, 2.45) is 11.7 Å². The van der Waals surface area contributed by atoms with Gasteiger partial charge in [0.1, 0.15) is 0 Å². The summed E-state index contributed by atoms with van der Waals surface area (Å²) in [6, 6.07) is 1.12. The van der Waals surface area contributed by atoms with Crippen LogP contribution >= 0.6 is 0 Å². The lowest BCUT2D eigenvalue weighted by Crippen LogP contribution is -2.50. The third-order valence-corrected chi connectivity index (χ3v) is 3.39. The summed E-state index contributed by atoms with van der Waals surface area (Å²) in [5.41, 5.74) is 6.04. The summed E-state index contributed by atoms with van der Waals surface area (Å²) in [5.74, 6) is 0.831. The van der Waals surface area contributed by atoms with Crippen LogP contribution in [0, 0.1) is 5.92 Å². The number of hydrogen-bond acceptors (Lipinski definition) is 2. The van der Waals surface area contributed by atoms with Crippen LogP contribution in [0.1, 0.15) is 40.0 Å². The van der Waals surface area contributed by atoms with Crippen LogP contribution < -0.4 is 5.73 Å². The van der Waals surface area contributed by atoms with Crippen LogP contribution in [0.2, 0.25) is 0 Å². The van der Waals surface area contributed by atoms with Crippen LogP contribution in [0.15, 0.2) is 0 Å². The second kappa shape index (κ2) is 4.97. The molecule has 78 valence electrons. The van der Waals surface area contributed by atoms with Crippen molar-refractivity contribution in [1.29, 1.82) is 0 Å². The number of nitrogens with two attached hydrogens (primary N) is 1. The van der Waals surface area contributed by atoms with E-state index in [1.54, 1.807) is 0 Å². The summed E-state index contributed by atoms with van der Waals surface area (Å²) in [7, 11) is 0. The van der Waals surface area contributed by atoms with Gasteiger partial charge in [0.05, 0.1) is 0 Å². The quantitative estimate of drug-likeness (QED) is 0.725. The summed E-state index contributed by atoms with van der Waals surface area (Å²) >= 11 is 0. The summed E-state index contributed by atoms with van der Waals surface area (Å²) < 4.78 is 0. The van der Waals surface area contributed by atoms with Crippen molar-refractivity contribution >= 4 is 0 Å². The molecule has 2 nitrogen and oxygen atoms in total. The molecule has 1 rings (SSSR count). The molecule has 0 amide bonds. The van der Waals surface area contributed by atoms with Gasteiger partial charge < -0.3 is 5.73 Å². The predicted molar refractivity (Wildman–Crippen MR) is 57.7 cm³/mol. The van der Waals surface area contributed by atoms with Gasteiger partial charge >= 0.3 is 0 Å². The zero-order valence-corrected chi connectivity index (χ0v) is 9.29. The van der Waals surface area contributed by atoms with E-state index in [4.69, 9.17) is 5.73 Å². The van der Waals surface area contributed by atoms with Crippen molar-refractivity contribution < 1.29 is 0 Å². The van der Waals surface area contributed by atoms with Crippen LogP contribution in [-0.4, -0.2) is 30.1 Å². The Morgan fingerprint density at radius 1 is 1.38 bits per heavy atom. The van der Waals surface area contributed by atoms with E-state index in [9.17, 15) is 0 Å². The molecule has 13 heavy (non-hydrogen) atoms. The normalized spacial score (nSPS) is 33.2. The molecule has 1 fully saturated rings. The predicted octanol–water partition coefficient (Wildman–Crippen LogP) is 1.84. The lowest BCUT2D eigenvalue weighted by molar-refractivity contribution is 0.112. The van der Waals surface area contributed by atoms with Crippen LogP contribution in [0.4, 0.5) is 0 Å². The molecule has 0 aromatic carbocycles. The smallest absolute Gasteiger partial charge is 0.0171 e. The van der Waals surface area contributed by atoms with E-state index in [-0.39, 0.29) is 0 Å².